The highest BCUT2D eigenvalue weighted by atomic mass is 16.5. The molecular formula is C18H28O2. The van der Waals surface area contributed by atoms with Gasteiger partial charge in [0.25, 0.3) is 0 Å². The molecule has 112 valence electrons. The number of hydrogen-bond acceptors (Lipinski definition) is 2. The van der Waals surface area contributed by atoms with Gasteiger partial charge in [-0.1, -0.05) is 32.9 Å². The molecule has 0 radical (unpaired) electrons. The lowest BCUT2D eigenvalue weighted by Crippen LogP contribution is -2.17. The fraction of sp³-hybridized carbons (Fsp3) is 0.611. The number of rotatable bonds is 5. The van der Waals surface area contributed by atoms with Crippen molar-refractivity contribution in [2.75, 3.05) is 6.61 Å². The molecule has 0 N–H and O–H groups in total. The predicted molar refractivity (Wildman–Crippen MR) is 84.4 cm³/mol. The minimum Gasteiger partial charge on any atom is -0.371 e. The Morgan fingerprint density at radius 2 is 1.65 bits per heavy atom. The Balaban J connectivity index is 2.89. The predicted octanol–water partition coefficient (Wildman–Crippen LogP) is 4.14. The molecule has 0 unspecified atom stereocenters. The SMILES string of the molecule is Cc1cc(C(C)(C)C)cc(C)c1CC(=O)COC(C)C. The molecule has 0 fully saturated rings. The van der Waals surface area contributed by atoms with Crippen LogP contribution in [0.4, 0.5) is 0 Å². The van der Waals surface area contributed by atoms with Crippen LogP contribution in [-0.2, 0) is 21.4 Å². The highest BCUT2D eigenvalue weighted by Crippen LogP contribution is 2.27. The van der Waals surface area contributed by atoms with Crippen LogP contribution in [0.3, 0.4) is 0 Å². The maximum absolute atomic E-state index is 12.0. The summed E-state index contributed by atoms with van der Waals surface area (Å²) in [6, 6.07) is 4.41. The number of carbonyl (C=O) groups is 1. The Morgan fingerprint density at radius 3 is 2.05 bits per heavy atom. The number of Topliss-reactive ketones (excluding diaryl/α,β-unsaturated/α-hetero) is 1. The molecule has 1 aromatic rings. The van der Waals surface area contributed by atoms with E-state index in [1.165, 1.54) is 16.7 Å². The standard InChI is InChI=1S/C18H28O2/c1-12(2)20-11-16(19)10-17-13(3)8-15(9-14(17)4)18(5,6)7/h8-9,12H,10-11H2,1-7H3. The van der Waals surface area contributed by atoms with E-state index < -0.39 is 0 Å². The van der Waals surface area contributed by atoms with Crippen LogP contribution >= 0.6 is 0 Å². The number of hydrogen-bond donors (Lipinski definition) is 0. The van der Waals surface area contributed by atoms with Gasteiger partial charge in [-0.2, -0.15) is 0 Å². The maximum Gasteiger partial charge on any atom is 0.162 e. The summed E-state index contributed by atoms with van der Waals surface area (Å²) >= 11 is 0. The number of aryl methyl sites for hydroxylation is 2. The third-order valence-corrected chi connectivity index (χ3v) is 3.51. The average molecular weight is 276 g/mol. The molecule has 2 nitrogen and oxygen atoms in total. The Hall–Kier alpha value is -1.15. The first-order valence-corrected chi connectivity index (χ1v) is 7.35. The second kappa shape index (κ2) is 6.53. The highest BCUT2D eigenvalue weighted by molar-refractivity contribution is 5.82. The smallest absolute Gasteiger partial charge is 0.162 e. The first-order valence-electron chi connectivity index (χ1n) is 7.35. The molecule has 0 saturated carbocycles. The van der Waals surface area contributed by atoms with Gasteiger partial charge in [0.2, 0.25) is 0 Å². The van der Waals surface area contributed by atoms with E-state index in [1.54, 1.807) is 0 Å². The average Bonchev–Trinajstić information content (AvgIpc) is 2.29. The lowest BCUT2D eigenvalue weighted by atomic mass is 9.83. The number of benzene rings is 1. The fourth-order valence-corrected chi connectivity index (χ4v) is 2.21. The van der Waals surface area contributed by atoms with E-state index in [9.17, 15) is 4.79 Å². The molecule has 0 saturated heterocycles. The third kappa shape index (κ3) is 4.75. The van der Waals surface area contributed by atoms with Crippen LogP contribution in [0.1, 0.15) is 56.9 Å². The molecule has 0 bridgehead atoms. The molecule has 0 aromatic heterocycles. The second-order valence-corrected chi connectivity index (χ2v) is 6.91. The molecule has 0 aliphatic rings. The van der Waals surface area contributed by atoms with Gasteiger partial charge in [0.15, 0.2) is 5.78 Å². The van der Waals surface area contributed by atoms with Gasteiger partial charge in [-0.25, -0.2) is 0 Å². The van der Waals surface area contributed by atoms with E-state index in [0.717, 1.165) is 5.56 Å². The zero-order valence-electron chi connectivity index (χ0n) is 14.0. The topological polar surface area (TPSA) is 26.3 Å². The quantitative estimate of drug-likeness (QED) is 0.808. The van der Waals surface area contributed by atoms with E-state index in [4.69, 9.17) is 4.74 Å². The zero-order chi connectivity index (χ0) is 15.5. The van der Waals surface area contributed by atoms with Crippen LogP contribution in [0, 0.1) is 13.8 Å². The van der Waals surface area contributed by atoms with Crippen LogP contribution in [0.2, 0.25) is 0 Å². The van der Waals surface area contributed by atoms with Crippen LogP contribution in [-0.4, -0.2) is 18.5 Å². The molecule has 1 aromatic carbocycles. The Bertz CT molecular complexity index is 456. The van der Waals surface area contributed by atoms with Crippen molar-refractivity contribution < 1.29 is 9.53 Å². The molecule has 0 atom stereocenters. The summed E-state index contributed by atoms with van der Waals surface area (Å²) in [6.45, 7) is 14.9. The van der Waals surface area contributed by atoms with Crippen molar-refractivity contribution in [2.45, 2.75) is 66.4 Å². The van der Waals surface area contributed by atoms with Gasteiger partial charge in [0, 0.05) is 6.42 Å². The van der Waals surface area contributed by atoms with Crippen molar-refractivity contribution in [3.05, 3.63) is 34.4 Å². The van der Waals surface area contributed by atoms with Gasteiger partial charge in [-0.05, 0) is 55.4 Å². The van der Waals surface area contributed by atoms with Gasteiger partial charge >= 0.3 is 0 Å². The molecule has 0 aliphatic carbocycles. The Morgan fingerprint density at radius 1 is 1.15 bits per heavy atom. The molecule has 0 heterocycles. The van der Waals surface area contributed by atoms with Gasteiger partial charge < -0.3 is 4.74 Å². The van der Waals surface area contributed by atoms with E-state index in [0.29, 0.717) is 6.42 Å². The van der Waals surface area contributed by atoms with Crippen molar-refractivity contribution in [3.63, 3.8) is 0 Å². The Kier molecular flexibility index (Phi) is 5.52. The lowest BCUT2D eigenvalue weighted by molar-refractivity contribution is -0.124. The van der Waals surface area contributed by atoms with Crippen LogP contribution in [0.25, 0.3) is 0 Å². The van der Waals surface area contributed by atoms with Crippen LogP contribution in [0.15, 0.2) is 12.1 Å². The number of ether oxygens (including phenoxy) is 1. The summed E-state index contributed by atoms with van der Waals surface area (Å²) in [5.41, 5.74) is 5.01. The summed E-state index contributed by atoms with van der Waals surface area (Å²) in [6.07, 6.45) is 0.568. The molecule has 2 heteroatoms. The zero-order valence-corrected chi connectivity index (χ0v) is 14.0. The van der Waals surface area contributed by atoms with Crippen molar-refractivity contribution in [3.8, 4) is 0 Å². The summed E-state index contributed by atoms with van der Waals surface area (Å²) in [5.74, 6) is 0.147. The minimum absolute atomic E-state index is 0.101. The molecule has 20 heavy (non-hydrogen) atoms. The minimum atomic E-state index is 0.101. The highest BCUT2D eigenvalue weighted by Gasteiger charge is 2.17. The van der Waals surface area contributed by atoms with Crippen LogP contribution in [0.5, 0.6) is 0 Å². The van der Waals surface area contributed by atoms with Crippen LogP contribution < -0.4 is 0 Å². The van der Waals surface area contributed by atoms with Crippen molar-refractivity contribution in [1.29, 1.82) is 0 Å². The second-order valence-electron chi connectivity index (χ2n) is 6.91. The summed E-state index contributed by atoms with van der Waals surface area (Å²) in [5, 5.41) is 0. The maximum atomic E-state index is 12.0. The van der Waals surface area contributed by atoms with E-state index in [-0.39, 0.29) is 23.9 Å². The summed E-state index contributed by atoms with van der Waals surface area (Å²) < 4.78 is 5.38. The molecule has 0 spiro atoms. The molecular weight excluding hydrogens is 248 g/mol. The fourth-order valence-electron chi connectivity index (χ4n) is 2.21. The normalized spacial score (nSPS) is 12.0. The van der Waals surface area contributed by atoms with E-state index in [1.807, 2.05) is 13.8 Å². The summed E-state index contributed by atoms with van der Waals surface area (Å²) in [7, 11) is 0. The van der Waals surface area contributed by atoms with Gasteiger partial charge in [0.1, 0.15) is 6.61 Å². The van der Waals surface area contributed by atoms with Gasteiger partial charge in [-0.3, -0.25) is 4.79 Å². The molecule has 0 amide bonds. The number of ketones is 1. The van der Waals surface area contributed by atoms with Crippen molar-refractivity contribution in [1.82, 2.24) is 0 Å². The monoisotopic (exact) mass is 276 g/mol. The largest absolute Gasteiger partial charge is 0.371 e. The van der Waals surface area contributed by atoms with Gasteiger partial charge in [0.05, 0.1) is 6.10 Å². The molecule has 0 aliphatic heterocycles. The van der Waals surface area contributed by atoms with E-state index >= 15 is 0 Å². The van der Waals surface area contributed by atoms with Crippen molar-refractivity contribution in [2.24, 2.45) is 0 Å². The first-order chi connectivity index (χ1) is 9.11. The van der Waals surface area contributed by atoms with Crippen molar-refractivity contribution >= 4 is 5.78 Å². The van der Waals surface area contributed by atoms with Gasteiger partial charge in [-0.15, -0.1) is 0 Å². The number of carbonyl (C=O) groups excluding carboxylic acids is 1. The Labute approximate surface area is 123 Å². The third-order valence-electron chi connectivity index (χ3n) is 3.51. The molecule has 1 rings (SSSR count). The summed E-state index contributed by atoms with van der Waals surface area (Å²) in [4.78, 5) is 12.0. The first kappa shape index (κ1) is 16.9. The lowest BCUT2D eigenvalue weighted by Gasteiger charge is -2.22. The van der Waals surface area contributed by atoms with E-state index in [2.05, 4.69) is 46.8 Å².